The zero-order chi connectivity index (χ0) is 18.7. The number of amides is 3. The van der Waals surface area contributed by atoms with Crippen LogP contribution in [-0.2, 0) is 22.7 Å². The minimum atomic E-state index is -0.334. The Hall–Kier alpha value is -2.39. The number of carbonyl (C=O) groups excluding carboxylic acids is 3. The van der Waals surface area contributed by atoms with Crippen molar-refractivity contribution in [3.63, 3.8) is 0 Å². The smallest absolute Gasteiger partial charge is 0.289 e. The number of carbonyl (C=O) groups is 3. The van der Waals surface area contributed by atoms with Crippen molar-refractivity contribution < 1.29 is 14.4 Å². The van der Waals surface area contributed by atoms with Crippen LogP contribution in [0.3, 0.4) is 0 Å². The number of anilines is 1. The molecule has 1 N–H and O–H groups in total. The third-order valence-electron chi connectivity index (χ3n) is 3.68. The van der Waals surface area contributed by atoms with Crippen LogP contribution < -0.4 is 10.9 Å². The van der Waals surface area contributed by atoms with Crippen molar-refractivity contribution in [3.05, 3.63) is 63.0 Å². The summed E-state index contributed by atoms with van der Waals surface area (Å²) in [6.07, 6.45) is 1.55. The van der Waals surface area contributed by atoms with E-state index < -0.39 is 0 Å². The van der Waals surface area contributed by atoms with E-state index in [0.29, 0.717) is 10.2 Å². The summed E-state index contributed by atoms with van der Waals surface area (Å²) in [4.78, 5) is 48.3. The van der Waals surface area contributed by atoms with Gasteiger partial charge in [0, 0.05) is 22.4 Å². The van der Waals surface area contributed by atoms with Crippen LogP contribution >= 0.6 is 27.7 Å². The lowest BCUT2D eigenvalue weighted by Gasteiger charge is -2.13. The van der Waals surface area contributed by atoms with Gasteiger partial charge in [0.2, 0.25) is 11.8 Å². The van der Waals surface area contributed by atoms with Crippen molar-refractivity contribution in [1.82, 2.24) is 9.47 Å². The SMILES string of the molecule is O=C(Cn1cc(Br)ccc1=O)Nc1ccc(CN2C(=O)CSC2=O)cc1. The van der Waals surface area contributed by atoms with Gasteiger partial charge < -0.3 is 9.88 Å². The summed E-state index contributed by atoms with van der Waals surface area (Å²) in [6.45, 7) is 0.111. The maximum absolute atomic E-state index is 12.1. The van der Waals surface area contributed by atoms with E-state index in [2.05, 4.69) is 21.2 Å². The second kappa shape index (κ2) is 7.88. The number of nitrogens with one attached hydrogen (secondary N) is 1. The number of nitrogens with zero attached hydrogens (tertiary/aromatic N) is 2. The minimum Gasteiger partial charge on any atom is -0.325 e. The van der Waals surface area contributed by atoms with E-state index in [9.17, 15) is 19.2 Å². The van der Waals surface area contributed by atoms with Gasteiger partial charge in [0.25, 0.3) is 10.8 Å². The quantitative estimate of drug-likeness (QED) is 0.778. The molecule has 0 unspecified atom stereocenters. The third kappa shape index (κ3) is 4.41. The van der Waals surface area contributed by atoms with E-state index in [-0.39, 0.29) is 41.5 Å². The molecule has 134 valence electrons. The highest BCUT2D eigenvalue weighted by molar-refractivity contribution is 9.10. The number of imide groups is 1. The van der Waals surface area contributed by atoms with Gasteiger partial charge in [-0.1, -0.05) is 23.9 Å². The molecule has 3 rings (SSSR count). The standard InChI is InChI=1S/C17H14BrN3O4S/c18-12-3-6-15(23)20(8-12)9-14(22)19-13-4-1-11(2-5-13)7-21-16(24)10-26-17(21)25/h1-6,8H,7,9-10H2,(H,19,22). The van der Waals surface area contributed by atoms with E-state index in [1.807, 2.05) is 0 Å². The maximum atomic E-state index is 12.1. The van der Waals surface area contributed by atoms with Crippen LogP contribution in [0.15, 0.2) is 51.9 Å². The molecule has 3 amide bonds. The number of pyridine rings is 1. The monoisotopic (exact) mass is 435 g/mol. The molecule has 0 aliphatic carbocycles. The zero-order valence-electron chi connectivity index (χ0n) is 13.5. The molecule has 26 heavy (non-hydrogen) atoms. The maximum Gasteiger partial charge on any atom is 0.289 e. The lowest BCUT2D eigenvalue weighted by Crippen LogP contribution is -2.28. The van der Waals surface area contributed by atoms with Crippen LogP contribution in [0.5, 0.6) is 0 Å². The Labute approximate surface area is 161 Å². The van der Waals surface area contributed by atoms with E-state index in [1.54, 1.807) is 36.5 Å². The van der Waals surface area contributed by atoms with Crippen molar-refractivity contribution in [2.75, 3.05) is 11.1 Å². The third-order valence-corrected chi connectivity index (χ3v) is 5.01. The predicted octanol–water partition coefficient (Wildman–Crippen LogP) is 2.44. The first-order chi connectivity index (χ1) is 12.4. The lowest BCUT2D eigenvalue weighted by molar-refractivity contribution is -0.125. The van der Waals surface area contributed by atoms with E-state index in [4.69, 9.17) is 0 Å². The Morgan fingerprint density at radius 1 is 1.12 bits per heavy atom. The average Bonchev–Trinajstić information content (AvgIpc) is 2.92. The van der Waals surface area contributed by atoms with Crippen LogP contribution in [-0.4, -0.2) is 32.3 Å². The molecule has 1 aromatic heterocycles. The second-order valence-corrected chi connectivity index (χ2v) is 7.44. The summed E-state index contributed by atoms with van der Waals surface area (Å²) in [5, 5.41) is 2.47. The first kappa shape index (κ1) is 18.4. The molecule has 0 radical (unpaired) electrons. The van der Waals surface area contributed by atoms with Crippen LogP contribution in [0, 0.1) is 0 Å². The summed E-state index contributed by atoms with van der Waals surface area (Å²) in [5.74, 6) is -0.349. The number of hydrogen-bond donors (Lipinski definition) is 1. The molecule has 0 spiro atoms. The molecule has 2 heterocycles. The summed E-state index contributed by atoms with van der Waals surface area (Å²) in [6, 6.07) is 9.86. The van der Waals surface area contributed by atoms with E-state index in [0.717, 1.165) is 17.3 Å². The predicted molar refractivity (Wildman–Crippen MR) is 102 cm³/mol. The number of halogens is 1. The molecule has 0 saturated carbocycles. The van der Waals surface area contributed by atoms with Crippen molar-refractivity contribution in [2.24, 2.45) is 0 Å². The molecule has 7 nitrogen and oxygen atoms in total. The molecule has 1 aliphatic heterocycles. The van der Waals surface area contributed by atoms with Gasteiger partial charge in [0.05, 0.1) is 12.3 Å². The Balaban J connectivity index is 1.61. The molecule has 1 aliphatic rings. The molecular formula is C17H14BrN3O4S. The molecule has 1 aromatic carbocycles. The Bertz CT molecular complexity index is 910. The Morgan fingerprint density at radius 3 is 2.50 bits per heavy atom. The van der Waals surface area contributed by atoms with Gasteiger partial charge in [-0.05, 0) is 39.7 Å². The lowest BCUT2D eigenvalue weighted by atomic mass is 10.2. The Morgan fingerprint density at radius 2 is 1.85 bits per heavy atom. The zero-order valence-corrected chi connectivity index (χ0v) is 15.9. The second-order valence-electron chi connectivity index (χ2n) is 5.59. The number of rotatable bonds is 5. The molecule has 1 fully saturated rings. The normalized spacial score (nSPS) is 14.0. The van der Waals surface area contributed by atoms with Gasteiger partial charge >= 0.3 is 0 Å². The minimum absolute atomic E-state index is 0.103. The molecular weight excluding hydrogens is 422 g/mol. The summed E-state index contributed by atoms with van der Waals surface area (Å²) < 4.78 is 2.01. The molecule has 1 saturated heterocycles. The molecule has 0 bridgehead atoms. The largest absolute Gasteiger partial charge is 0.325 e. The van der Waals surface area contributed by atoms with Crippen LogP contribution in [0.4, 0.5) is 10.5 Å². The van der Waals surface area contributed by atoms with Gasteiger partial charge in [-0.3, -0.25) is 24.1 Å². The molecule has 2 aromatic rings. The van der Waals surface area contributed by atoms with Gasteiger partial charge in [0.1, 0.15) is 6.54 Å². The van der Waals surface area contributed by atoms with E-state index >= 15 is 0 Å². The van der Waals surface area contributed by atoms with Gasteiger partial charge in [-0.2, -0.15) is 0 Å². The average molecular weight is 436 g/mol. The number of aromatic nitrogens is 1. The van der Waals surface area contributed by atoms with Gasteiger partial charge in [-0.25, -0.2) is 0 Å². The van der Waals surface area contributed by atoms with Crippen LogP contribution in [0.25, 0.3) is 0 Å². The summed E-state index contributed by atoms with van der Waals surface area (Å²) >= 11 is 4.26. The molecule has 9 heteroatoms. The topological polar surface area (TPSA) is 88.5 Å². The first-order valence-electron chi connectivity index (χ1n) is 7.64. The van der Waals surface area contributed by atoms with Crippen molar-refractivity contribution in [2.45, 2.75) is 13.1 Å². The molecule has 0 atom stereocenters. The fraction of sp³-hybridized carbons (Fsp3) is 0.176. The Kier molecular flexibility index (Phi) is 5.58. The van der Waals surface area contributed by atoms with Gasteiger partial charge in [0.15, 0.2) is 0 Å². The van der Waals surface area contributed by atoms with Crippen molar-refractivity contribution in [1.29, 1.82) is 0 Å². The summed E-state index contributed by atoms with van der Waals surface area (Å²) in [7, 11) is 0. The number of benzene rings is 1. The number of hydrogen-bond acceptors (Lipinski definition) is 5. The number of thioether (sulfide) groups is 1. The fourth-order valence-electron chi connectivity index (χ4n) is 2.39. The van der Waals surface area contributed by atoms with Crippen LogP contribution in [0.2, 0.25) is 0 Å². The van der Waals surface area contributed by atoms with E-state index in [1.165, 1.54) is 15.5 Å². The van der Waals surface area contributed by atoms with Crippen molar-refractivity contribution in [3.8, 4) is 0 Å². The first-order valence-corrected chi connectivity index (χ1v) is 9.42. The fourth-order valence-corrected chi connectivity index (χ4v) is 3.50. The highest BCUT2D eigenvalue weighted by Crippen LogP contribution is 2.21. The van der Waals surface area contributed by atoms with Crippen molar-refractivity contribution >= 4 is 50.4 Å². The highest BCUT2D eigenvalue weighted by Gasteiger charge is 2.29. The van der Waals surface area contributed by atoms with Gasteiger partial charge in [-0.15, -0.1) is 0 Å². The summed E-state index contributed by atoms with van der Waals surface area (Å²) in [5.41, 5.74) is 1.09. The van der Waals surface area contributed by atoms with Crippen LogP contribution in [0.1, 0.15) is 5.56 Å². The highest BCUT2D eigenvalue weighted by atomic mass is 79.9.